The number of carboxylic acid groups (broad SMARTS) is 1. The summed E-state index contributed by atoms with van der Waals surface area (Å²) in [4.78, 5) is 10.9. The van der Waals surface area contributed by atoms with Crippen molar-refractivity contribution < 1.29 is 23.9 Å². The predicted molar refractivity (Wildman–Crippen MR) is 74.0 cm³/mol. The molecule has 0 radical (unpaired) electrons. The van der Waals surface area contributed by atoms with Gasteiger partial charge in [-0.1, -0.05) is 5.16 Å². The average Bonchev–Trinajstić information content (AvgIpc) is 3.14. The molecule has 1 heterocycles. The Morgan fingerprint density at radius 1 is 1.24 bits per heavy atom. The van der Waals surface area contributed by atoms with Crippen LogP contribution in [0, 0.1) is 0 Å². The molecule has 2 aromatic rings. The zero-order valence-electron chi connectivity index (χ0n) is 11.8. The number of rotatable bonds is 4. The maximum absolute atomic E-state index is 10.9. The van der Waals surface area contributed by atoms with E-state index in [0.717, 1.165) is 36.1 Å². The van der Waals surface area contributed by atoms with Crippen molar-refractivity contribution in [1.82, 2.24) is 5.16 Å². The molecule has 6 heteroatoms. The molecule has 110 valence electrons. The summed E-state index contributed by atoms with van der Waals surface area (Å²) in [5.74, 6) is 0.138. The molecule has 1 N–H and O–H groups in total. The van der Waals surface area contributed by atoms with Crippen LogP contribution >= 0.6 is 0 Å². The monoisotopic (exact) mass is 289 g/mol. The van der Waals surface area contributed by atoms with Crippen LogP contribution in [-0.2, 0) is 12.8 Å². The quantitative estimate of drug-likeness (QED) is 0.931. The van der Waals surface area contributed by atoms with Crippen LogP contribution in [0.25, 0.3) is 11.3 Å². The van der Waals surface area contributed by atoms with Gasteiger partial charge in [-0.05, 0) is 25.3 Å². The molecule has 0 unspecified atom stereocenters. The number of hydrogen-bond acceptors (Lipinski definition) is 5. The molecule has 0 amide bonds. The molecule has 1 aromatic carbocycles. The molecule has 0 saturated heterocycles. The lowest BCUT2D eigenvalue weighted by atomic mass is 10.0. The van der Waals surface area contributed by atoms with Crippen LogP contribution in [0.5, 0.6) is 11.5 Å². The zero-order chi connectivity index (χ0) is 15.0. The van der Waals surface area contributed by atoms with Gasteiger partial charge in [-0.3, -0.25) is 0 Å². The van der Waals surface area contributed by atoms with Crippen LogP contribution in [0.2, 0.25) is 0 Å². The zero-order valence-corrected chi connectivity index (χ0v) is 11.8. The second kappa shape index (κ2) is 5.12. The molecule has 1 aromatic heterocycles. The van der Waals surface area contributed by atoms with E-state index in [1.165, 1.54) is 6.07 Å². The number of carbonyl (C=O) groups is 1. The van der Waals surface area contributed by atoms with E-state index < -0.39 is 5.97 Å². The Morgan fingerprint density at radius 3 is 2.62 bits per heavy atom. The summed E-state index contributed by atoms with van der Waals surface area (Å²) >= 11 is 0. The minimum absolute atomic E-state index is 0.202. The van der Waals surface area contributed by atoms with E-state index in [-0.39, 0.29) is 5.76 Å². The lowest BCUT2D eigenvalue weighted by Gasteiger charge is -2.15. The highest BCUT2D eigenvalue weighted by Gasteiger charge is 2.25. The molecule has 6 nitrogen and oxygen atoms in total. The van der Waals surface area contributed by atoms with Gasteiger partial charge in [-0.2, -0.15) is 0 Å². The first kappa shape index (κ1) is 13.5. The highest BCUT2D eigenvalue weighted by atomic mass is 16.5. The number of benzene rings is 1. The summed E-state index contributed by atoms with van der Waals surface area (Å²) in [6, 6.07) is 3.22. The molecule has 21 heavy (non-hydrogen) atoms. The Kier molecular flexibility index (Phi) is 3.29. The maximum atomic E-state index is 10.9. The maximum Gasteiger partial charge on any atom is 0.374 e. The van der Waals surface area contributed by atoms with Gasteiger partial charge < -0.3 is 19.1 Å². The van der Waals surface area contributed by atoms with Crippen molar-refractivity contribution in [2.45, 2.75) is 19.3 Å². The minimum atomic E-state index is -1.15. The highest BCUT2D eigenvalue weighted by molar-refractivity contribution is 5.86. The second-order valence-electron chi connectivity index (χ2n) is 4.85. The SMILES string of the molecule is COc1cc(-c2cc(C(=O)O)on2)c(OC)c2c1CCC2. The van der Waals surface area contributed by atoms with Crippen molar-refractivity contribution in [2.24, 2.45) is 0 Å². The van der Waals surface area contributed by atoms with E-state index in [1.807, 2.05) is 6.07 Å². The van der Waals surface area contributed by atoms with Crippen molar-refractivity contribution in [3.63, 3.8) is 0 Å². The first-order chi connectivity index (χ1) is 10.2. The highest BCUT2D eigenvalue weighted by Crippen LogP contribution is 2.43. The largest absolute Gasteiger partial charge is 0.496 e. The van der Waals surface area contributed by atoms with E-state index in [1.54, 1.807) is 14.2 Å². The standard InChI is InChI=1S/C15H15NO5/c1-19-12-6-10(11-7-13(15(17)18)21-16-11)14(20-2)9-5-3-4-8(9)12/h6-7H,3-5H2,1-2H3,(H,17,18). The topological polar surface area (TPSA) is 81.8 Å². The molecule has 1 aliphatic rings. The van der Waals surface area contributed by atoms with Crippen LogP contribution in [0.4, 0.5) is 0 Å². The Morgan fingerprint density at radius 2 is 2.00 bits per heavy atom. The fourth-order valence-corrected chi connectivity index (χ4v) is 2.82. The number of aromatic nitrogens is 1. The molecule has 0 spiro atoms. The first-order valence-electron chi connectivity index (χ1n) is 6.62. The number of hydrogen-bond donors (Lipinski definition) is 1. The molecule has 0 saturated carbocycles. The van der Waals surface area contributed by atoms with Crippen molar-refractivity contribution in [1.29, 1.82) is 0 Å². The number of carboxylic acids is 1. The van der Waals surface area contributed by atoms with Crippen molar-refractivity contribution in [2.75, 3.05) is 14.2 Å². The first-order valence-corrected chi connectivity index (χ1v) is 6.62. The molecule has 3 rings (SSSR count). The van der Waals surface area contributed by atoms with E-state index in [9.17, 15) is 4.79 Å². The Labute approximate surface area is 121 Å². The number of fused-ring (bicyclic) bond motifs is 1. The van der Waals surface area contributed by atoms with Gasteiger partial charge in [0, 0.05) is 22.8 Å². The van der Waals surface area contributed by atoms with Crippen LogP contribution in [-0.4, -0.2) is 30.5 Å². The Bertz CT molecular complexity index is 704. The smallest absolute Gasteiger partial charge is 0.374 e. The lowest BCUT2D eigenvalue weighted by Crippen LogP contribution is -1.98. The molecule has 0 fully saturated rings. The molecule has 0 atom stereocenters. The molecule has 1 aliphatic carbocycles. The van der Waals surface area contributed by atoms with Gasteiger partial charge in [-0.25, -0.2) is 4.79 Å². The normalized spacial score (nSPS) is 13.0. The Balaban J connectivity index is 2.19. The summed E-state index contributed by atoms with van der Waals surface area (Å²) in [5.41, 5.74) is 3.37. The van der Waals surface area contributed by atoms with Crippen molar-refractivity contribution >= 4 is 5.97 Å². The van der Waals surface area contributed by atoms with E-state index in [2.05, 4.69) is 5.16 Å². The number of aromatic carboxylic acids is 1. The fourth-order valence-electron chi connectivity index (χ4n) is 2.82. The lowest BCUT2D eigenvalue weighted by molar-refractivity contribution is 0.0652. The van der Waals surface area contributed by atoms with Gasteiger partial charge in [0.25, 0.3) is 0 Å². The van der Waals surface area contributed by atoms with Gasteiger partial charge >= 0.3 is 5.97 Å². The Hall–Kier alpha value is -2.50. The van der Waals surface area contributed by atoms with Crippen LogP contribution in [0.3, 0.4) is 0 Å². The third-order valence-electron chi connectivity index (χ3n) is 3.73. The summed E-state index contributed by atoms with van der Waals surface area (Å²) < 4.78 is 15.8. The predicted octanol–water partition coefficient (Wildman–Crippen LogP) is 2.55. The van der Waals surface area contributed by atoms with Gasteiger partial charge in [-0.15, -0.1) is 0 Å². The third kappa shape index (κ3) is 2.12. The molecule has 0 bridgehead atoms. The van der Waals surface area contributed by atoms with Crippen LogP contribution in [0.15, 0.2) is 16.7 Å². The van der Waals surface area contributed by atoms with E-state index in [0.29, 0.717) is 17.0 Å². The van der Waals surface area contributed by atoms with Gasteiger partial charge in [0.15, 0.2) is 0 Å². The molecule has 0 aliphatic heterocycles. The average molecular weight is 289 g/mol. The van der Waals surface area contributed by atoms with Crippen LogP contribution in [0.1, 0.15) is 28.1 Å². The summed E-state index contributed by atoms with van der Waals surface area (Å²) in [5, 5.41) is 12.8. The molecular formula is C15H15NO5. The van der Waals surface area contributed by atoms with Crippen molar-refractivity contribution in [3.8, 4) is 22.8 Å². The molecular weight excluding hydrogens is 274 g/mol. The number of ether oxygens (including phenoxy) is 2. The minimum Gasteiger partial charge on any atom is -0.496 e. The van der Waals surface area contributed by atoms with Gasteiger partial charge in [0.2, 0.25) is 5.76 Å². The summed E-state index contributed by atoms with van der Waals surface area (Å²) in [6.07, 6.45) is 2.91. The second-order valence-corrected chi connectivity index (χ2v) is 4.85. The summed E-state index contributed by atoms with van der Waals surface area (Å²) in [6.45, 7) is 0. The fraction of sp³-hybridized carbons (Fsp3) is 0.333. The van der Waals surface area contributed by atoms with Crippen LogP contribution < -0.4 is 9.47 Å². The van der Waals surface area contributed by atoms with E-state index >= 15 is 0 Å². The number of methoxy groups -OCH3 is 2. The number of nitrogens with zero attached hydrogens (tertiary/aromatic N) is 1. The van der Waals surface area contributed by atoms with E-state index in [4.69, 9.17) is 19.1 Å². The van der Waals surface area contributed by atoms with Gasteiger partial charge in [0.1, 0.15) is 17.2 Å². The van der Waals surface area contributed by atoms with Crippen molar-refractivity contribution in [3.05, 3.63) is 29.0 Å². The summed E-state index contributed by atoms with van der Waals surface area (Å²) in [7, 11) is 3.22. The third-order valence-corrected chi connectivity index (χ3v) is 3.73. The van der Waals surface area contributed by atoms with Gasteiger partial charge in [0.05, 0.1) is 14.2 Å².